The summed E-state index contributed by atoms with van der Waals surface area (Å²) in [7, 11) is 0. The van der Waals surface area contributed by atoms with Crippen molar-refractivity contribution in [2.24, 2.45) is 0 Å². The van der Waals surface area contributed by atoms with Crippen molar-refractivity contribution in [3.8, 4) is 0 Å². The van der Waals surface area contributed by atoms with E-state index in [1.54, 1.807) is 17.9 Å². The Kier molecular flexibility index (Phi) is 3.68. The van der Waals surface area contributed by atoms with E-state index in [0.717, 1.165) is 0 Å². The molecule has 1 aromatic carbocycles. The fraction of sp³-hybridized carbons (Fsp3) is 0.500. The summed E-state index contributed by atoms with van der Waals surface area (Å²) in [6.45, 7) is 2.32. The van der Waals surface area contributed by atoms with Crippen molar-refractivity contribution in [3.05, 3.63) is 35.4 Å². The number of nitrogens with zero attached hydrogens (tertiary/aromatic N) is 1. The highest BCUT2D eigenvalue weighted by Crippen LogP contribution is 2.40. The molecular weight excluding hydrogens is 270 g/mol. The van der Waals surface area contributed by atoms with E-state index in [4.69, 9.17) is 9.84 Å². The number of carboxylic acids is 1. The maximum atomic E-state index is 12.6. The summed E-state index contributed by atoms with van der Waals surface area (Å²) in [5.74, 6) is -0.543. The summed E-state index contributed by atoms with van der Waals surface area (Å²) in [5, 5.41) is 9.09. The van der Waals surface area contributed by atoms with Crippen molar-refractivity contribution in [2.75, 3.05) is 13.1 Å². The number of hydrogen-bond acceptors (Lipinski definition) is 3. The third-order valence-corrected chi connectivity index (χ3v) is 4.01. The SMILES string of the molecule is C[C@@H]1CN(C(=O)c2cccc(C3CC3)c2)C[C@H](C(=O)O)O1. The van der Waals surface area contributed by atoms with Gasteiger partial charge in [-0.05, 0) is 43.4 Å². The molecule has 2 aliphatic rings. The second-order valence-electron chi connectivity index (χ2n) is 5.88. The van der Waals surface area contributed by atoms with Gasteiger partial charge in [0.2, 0.25) is 0 Å². The van der Waals surface area contributed by atoms with Gasteiger partial charge in [-0.1, -0.05) is 12.1 Å². The largest absolute Gasteiger partial charge is 0.479 e. The first-order valence-corrected chi connectivity index (χ1v) is 7.32. The third-order valence-electron chi connectivity index (χ3n) is 4.01. The molecule has 1 aliphatic heterocycles. The smallest absolute Gasteiger partial charge is 0.334 e. The molecule has 2 atom stereocenters. The van der Waals surface area contributed by atoms with Crippen molar-refractivity contribution >= 4 is 11.9 Å². The van der Waals surface area contributed by atoms with Gasteiger partial charge in [0.1, 0.15) is 0 Å². The van der Waals surface area contributed by atoms with Crippen LogP contribution in [0, 0.1) is 0 Å². The lowest BCUT2D eigenvalue weighted by molar-refractivity contribution is -0.160. The average molecular weight is 289 g/mol. The van der Waals surface area contributed by atoms with Gasteiger partial charge in [-0.3, -0.25) is 4.79 Å². The zero-order chi connectivity index (χ0) is 15.0. The maximum absolute atomic E-state index is 12.6. The molecule has 2 fully saturated rings. The summed E-state index contributed by atoms with van der Waals surface area (Å²) in [6.07, 6.45) is 1.17. The summed E-state index contributed by atoms with van der Waals surface area (Å²) in [5.41, 5.74) is 1.84. The van der Waals surface area contributed by atoms with Gasteiger partial charge in [0, 0.05) is 12.1 Å². The number of carbonyl (C=O) groups is 2. The molecular formula is C16H19NO4. The lowest BCUT2D eigenvalue weighted by atomic mass is 10.1. The van der Waals surface area contributed by atoms with Gasteiger partial charge >= 0.3 is 5.97 Å². The molecule has 0 radical (unpaired) electrons. The summed E-state index contributed by atoms with van der Waals surface area (Å²) < 4.78 is 5.34. The molecule has 1 saturated carbocycles. The van der Waals surface area contributed by atoms with E-state index in [2.05, 4.69) is 6.07 Å². The Morgan fingerprint density at radius 2 is 2.05 bits per heavy atom. The normalized spacial score (nSPS) is 25.7. The van der Waals surface area contributed by atoms with Crippen LogP contribution in [0.5, 0.6) is 0 Å². The topological polar surface area (TPSA) is 66.8 Å². The van der Waals surface area contributed by atoms with Gasteiger partial charge < -0.3 is 14.7 Å². The molecule has 1 heterocycles. The summed E-state index contributed by atoms with van der Waals surface area (Å²) in [4.78, 5) is 25.3. The van der Waals surface area contributed by atoms with Gasteiger partial charge in [-0.25, -0.2) is 4.79 Å². The van der Waals surface area contributed by atoms with E-state index in [0.29, 0.717) is 18.0 Å². The van der Waals surface area contributed by atoms with E-state index in [1.165, 1.54) is 18.4 Å². The van der Waals surface area contributed by atoms with Crippen LogP contribution in [0.2, 0.25) is 0 Å². The summed E-state index contributed by atoms with van der Waals surface area (Å²) >= 11 is 0. The van der Waals surface area contributed by atoms with Crippen molar-refractivity contribution in [1.29, 1.82) is 0 Å². The molecule has 1 aliphatic carbocycles. The molecule has 112 valence electrons. The molecule has 0 spiro atoms. The number of carbonyl (C=O) groups excluding carboxylic acids is 1. The number of aliphatic carboxylic acids is 1. The van der Waals surface area contributed by atoms with Crippen LogP contribution in [0.4, 0.5) is 0 Å². The van der Waals surface area contributed by atoms with Crippen molar-refractivity contribution in [3.63, 3.8) is 0 Å². The first-order valence-electron chi connectivity index (χ1n) is 7.32. The highest BCUT2D eigenvalue weighted by molar-refractivity contribution is 5.95. The fourth-order valence-corrected chi connectivity index (χ4v) is 2.78. The predicted molar refractivity (Wildman–Crippen MR) is 76.3 cm³/mol. The van der Waals surface area contributed by atoms with E-state index in [-0.39, 0.29) is 18.6 Å². The fourth-order valence-electron chi connectivity index (χ4n) is 2.78. The number of ether oxygens (including phenoxy) is 1. The van der Waals surface area contributed by atoms with Crippen molar-refractivity contribution in [2.45, 2.75) is 37.9 Å². The first kappa shape index (κ1) is 14.1. The monoisotopic (exact) mass is 289 g/mol. The van der Waals surface area contributed by atoms with Gasteiger partial charge in [-0.2, -0.15) is 0 Å². The maximum Gasteiger partial charge on any atom is 0.334 e. The number of amides is 1. The molecule has 1 aromatic rings. The third kappa shape index (κ3) is 3.08. The molecule has 5 heteroatoms. The molecule has 1 N–H and O–H groups in total. The molecule has 1 amide bonds. The number of rotatable bonds is 3. The lowest BCUT2D eigenvalue weighted by Gasteiger charge is -2.35. The van der Waals surface area contributed by atoms with Crippen LogP contribution >= 0.6 is 0 Å². The Hall–Kier alpha value is -1.88. The summed E-state index contributed by atoms with van der Waals surface area (Å²) in [6, 6.07) is 7.69. The number of hydrogen-bond donors (Lipinski definition) is 1. The molecule has 3 rings (SSSR count). The van der Waals surface area contributed by atoms with E-state index in [1.807, 2.05) is 12.1 Å². The van der Waals surface area contributed by atoms with Crippen LogP contribution < -0.4 is 0 Å². The highest BCUT2D eigenvalue weighted by atomic mass is 16.5. The van der Waals surface area contributed by atoms with Crippen LogP contribution in [0.25, 0.3) is 0 Å². The molecule has 21 heavy (non-hydrogen) atoms. The number of carboxylic acid groups (broad SMARTS) is 1. The molecule has 5 nitrogen and oxygen atoms in total. The minimum Gasteiger partial charge on any atom is -0.479 e. The van der Waals surface area contributed by atoms with Crippen molar-refractivity contribution < 1.29 is 19.4 Å². The number of morpholine rings is 1. The Balaban J connectivity index is 1.77. The molecule has 0 aromatic heterocycles. The minimum atomic E-state index is -1.02. The highest BCUT2D eigenvalue weighted by Gasteiger charge is 2.33. The average Bonchev–Trinajstić information content (AvgIpc) is 3.30. The van der Waals surface area contributed by atoms with Gasteiger partial charge in [-0.15, -0.1) is 0 Å². The molecule has 1 saturated heterocycles. The Morgan fingerprint density at radius 1 is 1.29 bits per heavy atom. The Bertz CT molecular complexity index is 567. The van der Waals surface area contributed by atoms with Gasteiger partial charge in [0.25, 0.3) is 5.91 Å². The van der Waals surface area contributed by atoms with E-state index < -0.39 is 12.1 Å². The lowest BCUT2D eigenvalue weighted by Crippen LogP contribution is -2.51. The second kappa shape index (κ2) is 5.48. The van der Waals surface area contributed by atoms with Crippen LogP contribution in [0.3, 0.4) is 0 Å². The Labute approximate surface area is 123 Å². The first-order chi connectivity index (χ1) is 10.0. The molecule has 0 bridgehead atoms. The van der Waals surface area contributed by atoms with Crippen LogP contribution in [-0.2, 0) is 9.53 Å². The van der Waals surface area contributed by atoms with Gasteiger partial charge in [0.05, 0.1) is 12.6 Å². The standard InChI is InChI=1S/C16H19NO4/c1-10-8-17(9-14(21-10)16(19)20)15(18)13-4-2-3-12(7-13)11-5-6-11/h2-4,7,10-11,14H,5-6,8-9H2,1H3,(H,19,20)/t10-,14-/m1/s1. The van der Waals surface area contributed by atoms with Crippen molar-refractivity contribution in [1.82, 2.24) is 4.90 Å². The second-order valence-corrected chi connectivity index (χ2v) is 5.88. The minimum absolute atomic E-state index is 0.103. The van der Waals surface area contributed by atoms with Crippen LogP contribution in [0.1, 0.15) is 41.6 Å². The zero-order valence-corrected chi connectivity index (χ0v) is 12.0. The predicted octanol–water partition coefficient (Wildman–Crippen LogP) is 1.88. The quantitative estimate of drug-likeness (QED) is 0.922. The Morgan fingerprint density at radius 3 is 2.71 bits per heavy atom. The zero-order valence-electron chi connectivity index (χ0n) is 12.0. The van der Waals surface area contributed by atoms with E-state index in [9.17, 15) is 9.59 Å². The molecule has 0 unspecified atom stereocenters. The number of benzene rings is 1. The van der Waals surface area contributed by atoms with Gasteiger partial charge in [0.15, 0.2) is 6.10 Å². The van der Waals surface area contributed by atoms with Crippen LogP contribution in [0.15, 0.2) is 24.3 Å². The van der Waals surface area contributed by atoms with E-state index >= 15 is 0 Å². The van der Waals surface area contributed by atoms with Crippen LogP contribution in [-0.4, -0.2) is 47.2 Å².